The quantitative estimate of drug-likeness (QED) is 0.834. The van der Waals surface area contributed by atoms with Gasteiger partial charge in [-0.25, -0.2) is 4.39 Å². The summed E-state index contributed by atoms with van der Waals surface area (Å²) in [5.41, 5.74) is 3.11. The summed E-state index contributed by atoms with van der Waals surface area (Å²) < 4.78 is 12.9. The molecule has 0 heterocycles. The predicted molar refractivity (Wildman–Crippen MR) is 82.5 cm³/mol. The Morgan fingerprint density at radius 1 is 1.10 bits per heavy atom. The van der Waals surface area contributed by atoms with Crippen molar-refractivity contribution >= 4 is 5.91 Å². The van der Waals surface area contributed by atoms with Gasteiger partial charge in [-0.3, -0.25) is 4.79 Å². The van der Waals surface area contributed by atoms with Gasteiger partial charge in [-0.2, -0.15) is 0 Å². The molecular formula is C18H20FNO. The molecule has 1 unspecified atom stereocenters. The third-order valence-electron chi connectivity index (χ3n) is 3.80. The van der Waals surface area contributed by atoms with Crippen molar-refractivity contribution in [1.82, 2.24) is 4.90 Å². The number of nitrogens with zero attached hydrogens (tertiary/aromatic N) is 1. The van der Waals surface area contributed by atoms with E-state index in [-0.39, 0.29) is 17.8 Å². The number of carbonyl (C=O) groups is 1. The van der Waals surface area contributed by atoms with Crippen molar-refractivity contribution in [3.8, 4) is 0 Å². The Labute approximate surface area is 125 Å². The molecule has 0 fully saturated rings. The highest BCUT2D eigenvalue weighted by atomic mass is 19.1. The Hall–Kier alpha value is -2.16. The van der Waals surface area contributed by atoms with Gasteiger partial charge in [0.1, 0.15) is 5.82 Å². The van der Waals surface area contributed by atoms with E-state index in [1.165, 1.54) is 17.7 Å². The average Bonchev–Trinajstić information content (AvgIpc) is 2.49. The third kappa shape index (κ3) is 3.91. The van der Waals surface area contributed by atoms with E-state index in [9.17, 15) is 9.18 Å². The first-order valence-electron chi connectivity index (χ1n) is 7.04. The lowest BCUT2D eigenvalue weighted by atomic mass is 10.1. The number of likely N-dealkylation sites (N-methyl/N-ethyl adjacent to an activating group) is 1. The monoisotopic (exact) mass is 285 g/mol. The Morgan fingerprint density at radius 2 is 1.67 bits per heavy atom. The number of halogens is 1. The molecule has 1 atom stereocenters. The molecule has 1 amide bonds. The number of carbonyl (C=O) groups excluding carboxylic acids is 1. The molecule has 0 aliphatic heterocycles. The fourth-order valence-electron chi connectivity index (χ4n) is 2.19. The Bertz CT molecular complexity index is 604. The van der Waals surface area contributed by atoms with Crippen LogP contribution in [0.1, 0.15) is 29.7 Å². The largest absolute Gasteiger partial charge is 0.339 e. The molecule has 2 rings (SSSR count). The van der Waals surface area contributed by atoms with Gasteiger partial charge in [-0.15, -0.1) is 0 Å². The van der Waals surface area contributed by atoms with Gasteiger partial charge in [0, 0.05) is 7.05 Å². The van der Waals surface area contributed by atoms with Crippen molar-refractivity contribution in [2.75, 3.05) is 7.05 Å². The number of hydrogen-bond acceptors (Lipinski definition) is 1. The maximum absolute atomic E-state index is 12.9. The molecule has 0 aliphatic rings. The Kier molecular flexibility index (Phi) is 4.73. The van der Waals surface area contributed by atoms with Crippen LogP contribution in [-0.2, 0) is 11.2 Å². The van der Waals surface area contributed by atoms with Gasteiger partial charge in [-0.1, -0.05) is 42.0 Å². The summed E-state index contributed by atoms with van der Waals surface area (Å²) in [6.45, 7) is 3.97. The third-order valence-corrected chi connectivity index (χ3v) is 3.80. The number of amides is 1. The van der Waals surface area contributed by atoms with Crippen LogP contribution in [0.4, 0.5) is 4.39 Å². The standard InChI is InChI=1S/C18H20FNO/c1-13-4-6-15(7-5-13)12-18(21)20(3)14(2)16-8-10-17(19)11-9-16/h4-11,14H,12H2,1-3H3. The van der Waals surface area contributed by atoms with Crippen LogP contribution in [-0.4, -0.2) is 17.9 Å². The molecule has 3 heteroatoms. The minimum atomic E-state index is -0.264. The molecule has 2 aromatic carbocycles. The van der Waals surface area contributed by atoms with E-state index < -0.39 is 0 Å². The molecule has 110 valence electrons. The fraction of sp³-hybridized carbons (Fsp3) is 0.278. The first kappa shape index (κ1) is 15.2. The second kappa shape index (κ2) is 6.53. The Morgan fingerprint density at radius 3 is 2.24 bits per heavy atom. The van der Waals surface area contributed by atoms with Crippen LogP contribution in [0.25, 0.3) is 0 Å². The van der Waals surface area contributed by atoms with E-state index in [1.54, 1.807) is 24.1 Å². The van der Waals surface area contributed by atoms with Crippen LogP contribution in [0.3, 0.4) is 0 Å². The zero-order valence-corrected chi connectivity index (χ0v) is 12.6. The van der Waals surface area contributed by atoms with E-state index in [0.717, 1.165) is 11.1 Å². The highest BCUT2D eigenvalue weighted by Gasteiger charge is 2.17. The number of benzene rings is 2. The second-order valence-corrected chi connectivity index (χ2v) is 5.39. The van der Waals surface area contributed by atoms with E-state index in [4.69, 9.17) is 0 Å². The molecule has 0 aliphatic carbocycles. The number of hydrogen-bond donors (Lipinski definition) is 0. The summed E-state index contributed by atoms with van der Waals surface area (Å²) in [6.07, 6.45) is 0.377. The number of rotatable bonds is 4. The van der Waals surface area contributed by atoms with Gasteiger partial charge < -0.3 is 4.90 Å². The van der Waals surface area contributed by atoms with Crippen molar-refractivity contribution in [3.63, 3.8) is 0 Å². The maximum atomic E-state index is 12.9. The molecule has 0 bridgehead atoms. The van der Waals surface area contributed by atoms with Gasteiger partial charge in [0.25, 0.3) is 0 Å². The highest BCUT2D eigenvalue weighted by Crippen LogP contribution is 2.20. The van der Waals surface area contributed by atoms with Gasteiger partial charge in [-0.05, 0) is 37.1 Å². The SMILES string of the molecule is Cc1ccc(CC(=O)N(C)C(C)c2ccc(F)cc2)cc1. The van der Waals surface area contributed by atoms with E-state index in [1.807, 2.05) is 38.1 Å². The average molecular weight is 285 g/mol. The van der Waals surface area contributed by atoms with Crippen LogP contribution in [0.2, 0.25) is 0 Å². The van der Waals surface area contributed by atoms with E-state index in [2.05, 4.69) is 0 Å². The van der Waals surface area contributed by atoms with Gasteiger partial charge in [0.05, 0.1) is 12.5 Å². The molecular weight excluding hydrogens is 265 g/mol. The summed E-state index contributed by atoms with van der Waals surface area (Å²) in [5, 5.41) is 0. The molecule has 0 aromatic heterocycles. The first-order valence-corrected chi connectivity index (χ1v) is 7.04. The molecule has 0 radical (unpaired) electrons. The van der Waals surface area contributed by atoms with Gasteiger partial charge in [0.15, 0.2) is 0 Å². The zero-order chi connectivity index (χ0) is 15.4. The zero-order valence-electron chi connectivity index (χ0n) is 12.6. The smallest absolute Gasteiger partial charge is 0.227 e. The normalized spacial score (nSPS) is 12.0. The molecule has 0 saturated heterocycles. The summed E-state index contributed by atoms with van der Waals surface area (Å²) in [4.78, 5) is 14.0. The minimum absolute atomic E-state index is 0.0516. The van der Waals surface area contributed by atoms with Crippen molar-refractivity contribution in [3.05, 3.63) is 71.0 Å². The molecule has 0 saturated carbocycles. The van der Waals surface area contributed by atoms with Crippen molar-refractivity contribution in [1.29, 1.82) is 0 Å². The van der Waals surface area contributed by atoms with Crippen molar-refractivity contribution in [2.45, 2.75) is 26.3 Å². The van der Waals surface area contributed by atoms with Crippen LogP contribution in [0.15, 0.2) is 48.5 Å². The molecule has 21 heavy (non-hydrogen) atoms. The van der Waals surface area contributed by atoms with Gasteiger partial charge in [0.2, 0.25) is 5.91 Å². The minimum Gasteiger partial charge on any atom is -0.339 e. The van der Waals surface area contributed by atoms with Gasteiger partial charge >= 0.3 is 0 Å². The summed E-state index contributed by atoms with van der Waals surface area (Å²) in [7, 11) is 1.78. The van der Waals surface area contributed by atoms with E-state index >= 15 is 0 Å². The molecule has 2 aromatic rings. The van der Waals surface area contributed by atoms with Crippen LogP contribution < -0.4 is 0 Å². The van der Waals surface area contributed by atoms with Crippen molar-refractivity contribution < 1.29 is 9.18 Å². The summed E-state index contributed by atoms with van der Waals surface area (Å²) >= 11 is 0. The fourth-order valence-corrected chi connectivity index (χ4v) is 2.19. The van der Waals surface area contributed by atoms with Crippen LogP contribution >= 0.6 is 0 Å². The summed E-state index contributed by atoms with van der Waals surface area (Å²) in [6, 6.07) is 14.2. The lowest BCUT2D eigenvalue weighted by Crippen LogP contribution is -2.30. The predicted octanol–water partition coefficient (Wildman–Crippen LogP) is 3.90. The van der Waals surface area contributed by atoms with Crippen molar-refractivity contribution in [2.24, 2.45) is 0 Å². The maximum Gasteiger partial charge on any atom is 0.227 e. The second-order valence-electron chi connectivity index (χ2n) is 5.39. The van der Waals surface area contributed by atoms with Crippen LogP contribution in [0, 0.1) is 12.7 Å². The first-order chi connectivity index (χ1) is 9.97. The molecule has 2 nitrogen and oxygen atoms in total. The molecule has 0 spiro atoms. The Balaban J connectivity index is 2.04. The topological polar surface area (TPSA) is 20.3 Å². The lowest BCUT2D eigenvalue weighted by molar-refractivity contribution is -0.131. The lowest BCUT2D eigenvalue weighted by Gasteiger charge is -2.25. The van der Waals surface area contributed by atoms with Crippen LogP contribution in [0.5, 0.6) is 0 Å². The molecule has 0 N–H and O–H groups in total. The van der Waals surface area contributed by atoms with E-state index in [0.29, 0.717) is 6.42 Å². The number of aryl methyl sites for hydroxylation is 1. The highest BCUT2D eigenvalue weighted by molar-refractivity contribution is 5.79. The summed E-state index contributed by atoms with van der Waals surface area (Å²) in [5.74, 6) is -0.213.